The average molecular weight is 317 g/mol. The van der Waals surface area contributed by atoms with Crippen molar-refractivity contribution in [2.75, 3.05) is 11.5 Å². The van der Waals surface area contributed by atoms with E-state index in [0.717, 1.165) is 28.0 Å². The summed E-state index contributed by atoms with van der Waals surface area (Å²) < 4.78 is 0.979. The van der Waals surface area contributed by atoms with E-state index in [4.69, 9.17) is 0 Å². The standard InChI is InChI=1S/C13H17BrO2S/c1-2-17-9-3-4-12(13(15)16)10-5-7-11(14)8-6-10/h5-8,12H,2-4,9H2,1H3,(H,15,16). The number of benzene rings is 1. The van der Waals surface area contributed by atoms with Gasteiger partial charge in [0.25, 0.3) is 0 Å². The Morgan fingerprint density at radius 1 is 1.41 bits per heavy atom. The molecule has 0 aliphatic rings. The molecule has 0 fully saturated rings. The summed E-state index contributed by atoms with van der Waals surface area (Å²) in [5.41, 5.74) is 0.891. The van der Waals surface area contributed by atoms with E-state index in [2.05, 4.69) is 22.9 Å². The predicted octanol–water partition coefficient (Wildman–Crippen LogP) is 4.15. The van der Waals surface area contributed by atoms with Gasteiger partial charge in [-0.3, -0.25) is 4.79 Å². The van der Waals surface area contributed by atoms with E-state index in [1.807, 2.05) is 36.0 Å². The zero-order valence-corrected chi connectivity index (χ0v) is 12.3. The average Bonchev–Trinajstić information content (AvgIpc) is 2.30. The highest BCUT2D eigenvalue weighted by Gasteiger charge is 2.18. The molecule has 2 nitrogen and oxygen atoms in total. The van der Waals surface area contributed by atoms with Gasteiger partial charge in [0.1, 0.15) is 0 Å². The van der Waals surface area contributed by atoms with Crippen LogP contribution in [0.3, 0.4) is 0 Å². The summed E-state index contributed by atoms with van der Waals surface area (Å²) in [6.07, 6.45) is 1.66. The number of hydrogen-bond donors (Lipinski definition) is 1. The number of carboxylic acid groups (broad SMARTS) is 1. The molecule has 0 spiro atoms. The number of carbonyl (C=O) groups is 1. The summed E-state index contributed by atoms with van der Waals surface area (Å²) in [5, 5.41) is 9.23. The Kier molecular flexibility index (Phi) is 6.66. The minimum absolute atomic E-state index is 0.374. The van der Waals surface area contributed by atoms with Crippen LogP contribution >= 0.6 is 27.7 Å². The molecule has 1 rings (SSSR count). The van der Waals surface area contributed by atoms with Gasteiger partial charge in [-0.2, -0.15) is 11.8 Å². The highest BCUT2D eigenvalue weighted by Crippen LogP contribution is 2.24. The van der Waals surface area contributed by atoms with Gasteiger partial charge >= 0.3 is 5.97 Å². The van der Waals surface area contributed by atoms with Crippen LogP contribution in [0, 0.1) is 0 Å². The zero-order chi connectivity index (χ0) is 12.7. The monoisotopic (exact) mass is 316 g/mol. The summed E-state index contributed by atoms with van der Waals surface area (Å²) in [4.78, 5) is 11.2. The van der Waals surface area contributed by atoms with Crippen molar-refractivity contribution in [3.63, 3.8) is 0 Å². The Bertz CT molecular complexity index is 351. The van der Waals surface area contributed by atoms with Gasteiger partial charge in [0.15, 0.2) is 0 Å². The molecule has 0 bridgehead atoms. The van der Waals surface area contributed by atoms with Crippen molar-refractivity contribution in [1.82, 2.24) is 0 Å². The number of aliphatic carboxylic acids is 1. The van der Waals surface area contributed by atoms with Gasteiger partial charge in [0.05, 0.1) is 5.92 Å². The minimum Gasteiger partial charge on any atom is -0.481 e. The third-order valence-corrected chi connectivity index (χ3v) is 4.07. The fourth-order valence-electron chi connectivity index (χ4n) is 1.66. The van der Waals surface area contributed by atoms with Crippen molar-refractivity contribution in [3.8, 4) is 0 Å². The molecule has 17 heavy (non-hydrogen) atoms. The highest BCUT2D eigenvalue weighted by molar-refractivity contribution is 9.10. The molecule has 0 heterocycles. The second kappa shape index (κ2) is 7.77. The number of rotatable bonds is 7. The van der Waals surface area contributed by atoms with Crippen molar-refractivity contribution in [3.05, 3.63) is 34.3 Å². The third kappa shape index (κ3) is 5.13. The Balaban J connectivity index is 2.59. The molecule has 0 saturated carbocycles. The Morgan fingerprint density at radius 2 is 2.06 bits per heavy atom. The minimum atomic E-state index is -0.728. The second-order valence-corrected chi connectivity index (χ2v) is 6.09. The highest BCUT2D eigenvalue weighted by atomic mass is 79.9. The lowest BCUT2D eigenvalue weighted by molar-refractivity contribution is -0.139. The maximum absolute atomic E-state index is 11.2. The SMILES string of the molecule is CCSCCCC(C(=O)O)c1ccc(Br)cc1. The fourth-order valence-corrected chi connectivity index (χ4v) is 2.59. The van der Waals surface area contributed by atoms with Gasteiger partial charge in [0, 0.05) is 4.47 Å². The van der Waals surface area contributed by atoms with Gasteiger partial charge in [0.2, 0.25) is 0 Å². The summed E-state index contributed by atoms with van der Waals surface area (Å²) in [5.74, 6) is 1.03. The molecule has 0 aromatic heterocycles. The molecule has 0 aliphatic carbocycles. The fraction of sp³-hybridized carbons (Fsp3) is 0.462. The second-order valence-electron chi connectivity index (χ2n) is 3.78. The molecule has 0 radical (unpaired) electrons. The largest absolute Gasteiger partial charge is 0.481 e. The summed E-state index contributed by atoms with van der Waals surface area (Å²) >= 11 is 5.21. The lowest BCUT2D eigenvalue weighted by Crippen LogP contribution is -2.11. The molecule has 1 unspecified atom stereocenters. The Labute approximate surface area is 115 Å². The maximum atomic E-state index is 11.2. The van der Waals surface area contributed by atoms with Crippen LogP contribution in [0.2, 0.25) is 0 Å². The van der Waals surface area contributed by atoms with Crippen molar-refractivity contribution in [2.24, 2.45) is 0 Å². The van der Waals surface area contributed by atoms with Crippen LogP contribution in [-0.2, 0) is 4.79 Å². The van der Waals surface area contributed by atoms with E-state index >= 15 is 0 Å². The molecule has 94 valence electrons. The molecule has 1 aromatic rings. The molecular weight excluding hydrogens is 300 g/mol. The zero-order valence-electron chi connectivity index (χ0n) is 9.86. The van der Waals surface area contributed by atoms with Crippen LogP contribution in [0.25, 0.3) is 0 Å². The maximum Gasteiger partial charge on any atom is 0.310 e. The molecule has 4 heteroatoms. The van der Waals surface area contributed by atoms with Crippen molar-refractivity contribution >= 4 is 33.7 Å². The van der Waals surface area contributed by atoms with Crippen molar-refractivity contribution in [1.29, 1.82) is 0 Å². The summed E-state index contributed by atoms with van der Waals surface area (Å²) in [6, 6.07) is 7.56. The lowest BCUT2D eigenvalue weighted by atomic mass is 9.95. The molecule has 1 aromatic carbocycles. The first kappa shape index (κ1) is 14.6. The van der Waals surface area contributed by atoms with E-state index in [0.29, 0.717) is 6.42 Å². The van der Waals surface area contributed by atoms with Gasteiger partial charge in [-0.25, -0.2) is 0 Å². The van der Waals surface area contributed by atoms with Gasteiger partial charge in [-0.05, 0) is 42.0 Å². The number of carboxylic acids is 1. The summed E-state index contributed by atoms with van der Waals surface area (Å²) in [6.45, 7) is 2.12. The third-order valence-electron chi connectivity index (χ3n) is 2.56. The van der Waals surface area contributed by atoms with Crippen molar-refractivity contribution < 1.29 is 9.90 Å². The first-order valence-corrected chi connectivity index (χ1v) is 7.66. The topological polar surface area (TPSA) is 37.3 Å². The Hall–Kier alpha value is -0.480. The number of thioether (sulfide) groups is 1. The van der Waals surface area contributed by atoms with Gasteiger partial charge < -0.3 is 5.11 Å². The van der Waals surface area contributed by atoms with Crippen LogP contribution in [0.1, 0.15) is 31.2 Å². The summed E-state index contributed by atoms with van der Waals surface area (Å²) in [7, 11) is 0. The van der Waals surface area contributed by atoms with Crippen LogP contribution in [0.4, 0.5) is 0 Å². The first-order valence-electron chi connectivity index (χ1n) is 5.71. The first-order chi connectivity index (χ1) is 8.15. The van der Waals surface area contributed by atoms with Crippen LogP contribution in [0.5, 0.6) is 0 Å². The smallest absolute Gasteiger partial charge is 0.310 e. The quantitative estimate of drug-likeness (QED) is 0.768. The number of halogens is 1. The molecule has 0 aliphatic heterocycles. The molecule has 1 atom stereocenters. The van der Waals surface area contributed by atoms with Crippen LogP contribution in [-0.4, -0.2) is 22.6 Å². The van der Waals surface area contributed by atoms with E-state index < -0.39 is 5.97 Å². The predicted molar refractivity (Wildman–Crippen MR) is 76.8 cm³/mol. The number of hydrogen-bond acceptors (Lipinski definition) is 2. The van der Waals surface area contributed by atoms with E-state index in [-0.39, 0.29) is 5.92 Å². The normalized spacial score (nSPS) is 12.4. The molecule has 0 saturated heterocycles. The lowest BCUT2D eigenvalue weighted by Gasteiger charge is -2.12. The molecule has 0 amide bonds. The van der Waals surface area contributed by atoms with E-state index in [1.165, 1.54) is 0 Å². The van der Waals surface area contributed by atoms with E-state index in [9.17, 15) is 9.90 Å². The van der Waals surface area contributed by atoms with Crippen molar-refractivity contribution in [2.45, 2.75) is 25.7 Å². The van der Waals surface area contributed by atoms with E-state index in [1.54, 1.807) is 0 Å². The van der Waals surface area contributed by atoms with Crippen LogP contribution in [0.15, 0.2) is 28.7 Å². The van der Waals surface area contributed by atoms with Gasteiger partial charge in [-0.15, -0.1) is 0 Å². The van der Waals surface area contributed by atoms with Gasteiger partial charge in [-0.1, -0.05) is 35.0 Å². The Morgan fingerprint density at radius 3 is 2.59 bits per heavy atom. The van der Waals surface area contributed by atoms with Crippen LogP contribution < -0.4 is 0 Å². The molecular formula is C13H17BrO2S. The molecule has 1 N–H and O–H groups in total.